The van der Waals surface area contributed by atoms with E-state index in [4.69, 9.17) is 4.42 Å². The highest BCUT2D eigenvalue weighted by Gasteiger charge is 2.42. The van der Waals surface area contributed by atoms with E-state index in [0.717, 1.165) is 18.9 Å². The quantitative estimate of drug-likeness (QED) is 0.688. The first-order chi connectivity index (χ1) is 13.2. The molecule has 8 heteroatoms. The second-order valence-corrected chi connectivity index (χ2v) is 7.21. The van der Waals surface area contributed by atoms with E-state index >= 15 is 0 Å². The highest BCUT2D eigenvalue weighted by molar-refractivity contribution is 5.80. The molecular weight excluding hydrogens is 346 g/mol. The summed E-state index contributed by atoms with van der Waals surface area (Å²) in [4.78, 5) is 37.5. The zero-order valence-electron chi connectivity index (χ0n) is 14.7. The van der Waals surface area contributed by atoms with Crippen LogP contribution in [-0.4, -0.2) is 51.5 Å². The number of carbonyl (C=O) groups is 1. The van der Waals surface area contributed by atoms with Crippen molar-refractivity contribution < 1.29 is 9.21 Å². The first-order valence-corrected chi connectivity index (χ1v) is 9.06. The minimum atomic E-state index is -0.488. The number of rotatable bonds is 3. The Hall–Kier alpha value is -3.16. The molecule has 0 N–H and O–H groups in total. The number of anilines is 1. The second-order valence-electron chi connectivity index (χ2n) is 7.21. The van der Waals surface area contributed by atoms with Crippen molar-refractivity contribution >= 4 is 22.8 Å². The van der Waals surface area contributed by atoms with Gasteiger partial charge >= 0.3 is 5.76 Å². The molecule has 0 saturated carbocycles. The molecule has 0 spiro atoms. The Morgan fingerprint density at radius 2 is 1.89 bits per heavy atom. The van der Waals surface area contributed by atoms with Crippen LogP contribution in [0.1, 0.15) is 0 Å². The van der Waals surface area contributed by atoms with Gasteiger partial charge in [-0.15, -0.1) is 0 Å². The summed E-state index contributed by atoms with van der Waals surface area (Å²) < 4.78 is 6.63. The summed E-state index contributed by atoms with van der Waals surface area (Å²) in [5, 5.41) is 0. The summed E-state index contributed by atoms with van der Waals surface area (Å²) in [6.07, 6.45) is 5.15. The molecule has 5 rings (SSSR count). The van der Waals surface area contributed by atoms with E-state index in [1.165, 1.54) is 4.57 Å². The molecular formula is C19H19N5O3. The third-order valence-electron chi connectivity index (χ3n) is 5.58. The van der Waals surface area contributed by atoms with Crippen molar-refractivity contribution in [2.45, 2.75) is 6.54 Å². The minimum absolute atomic E-state index is 0.0170. The molecule has 1 amide bonds. The first kappa shape index (κ1) is 16.0. The SMILES string of the molecule is O=C(Cn1c(=O)oc2ccccc21)N1CC2CN(c3cnccn3)CC2C1. The van der Waals surface area contributed by atoms with Crippen LogP contribution in [0.3, 0.4) is 0 Å². The van der Waals surface area contributed by atoms with Crippen molar-refractivity contribution in [3.05, 3.63) is 53.4 Å². The van der Waals surface area contributed by atoms with Gasteiger partial charge in [-0.1, -0.05) is 12.1 Å². The molecule has 2 aromatic heterocycles. The highest BCUT2D eigenvalue weighted by atomic mass is 16.4. The Kier molecular flexibility index (Phi) is 3.70. The maximum Gasteiger partial charge on any atom is 0.420 e. The minimum Gasteiger partial charge on any atom is -0.408 e. The number of carbonyl (C=O) groups excluding carboxylic acids is 1. The molecule has 27 heavy (non-hydrogen) atoms. The fourth-order valence-electron chi connectivity index (χ4n) is 4.24. The van der Waals surface area contributed by atoms with E-state index in [9.17, 15) is 9.59 Å². The molecule has 2 aliphatic rings. The zero-order valence-corrected chi connectivity index (χ0v) is 14.7. The number of aromatic nitrogens is 3. The van der Waals surface area contributed by atoms with Gasteiger partial charge in [0.1, 0.15) is 12.4 Å². The lowest BCUT2D eigenvalue weighted by atomic mass is 10.0. The van der Waals surface area contributed by atoms with Crippen molar-refractivity contribution in [3.63, 3.8) is 0 Å². The Labute approximate surface area is 155 Å². The Bertz CT molecular complexity index is 1030. The topological polar surface area (TPSA) is 84.5 Å². The van der Waals surface area contributed by atoms with Crippen LogP contribution in [0.25, 0.3) is 11.1 Å². The molecule has 2 saturated heterocycles. The number of amides is 1. The average Bonchev–Trinajstić information content (AvgIpc) is 3.34. The fraction of sp³-hybridized carbons (Fsp3) is 0.368. The second kappa shape index (κ2) is 6.22. The molecule has 3 aromatic rings. The number of likely N-dealkylation sites (tertiary alicyclic amines) is 1. The van der Waals surface area contributed by atoms with Gasteiger partial charge in [-0.05, 0) is 12.1 Å². The standard InChI is InChI=1S/C19H19N5O3/c25-18(12-24-15-3-1-2-4-16(15)27-19(24)26)23-10-13-8-22(9-14(13)11-23)17-7-20-5-6-21-17/h1-7,13-14H,8-12H2. The molecule has 0 bridgehead atoms. The van der Waals surface area contributed by atoms with Crippen LogP contribution < -0.4 is 10.7 Å². The number of hydrogen-bond donors (Lipinski definition) is 0. The van der Waals surface area contributed by atoms with E-state index in [2.05, 4.69) is 14.9 Å². The van der Waals surface area contributed by atoms with Crippen LogP contribution in [0.2, 0.25) is 0 Å². The molecule has 1 aromatic carbocycles. The molecule has 4 heterocycles. The third-order valence-corrected chi connectivity index (χ3v) is 5.58. The average molecular weight is 365 g/mol. The van der Waals surface area contributed by atoms with Crippen LogP contribution in [-0.2, 0) is 11.3 Å². The van der Waals surface area contributed by atoms with Crippen LogP contribution in [0.5, 0.6) is 0 Å². The summed E-state index contributed by atoms with van der Waals surface area (Å²) in [6, 6.07) is 7.17. The van der Waals surface area contributed by atoms with E-state index in [0.29, 0.717) is 36.0 Å². The maximum atomic E-state index is 12.8. The summed E-state index contributed by atoms with van der Waals surface area (Å²) >= 11 is 0. The zero-order chi connectivity index (χ0) is 18.4. The van der Waals surface area contributed by atoms with Crippen molar-refractivity contribution in [1.82, 2.24) is 19.4 Å². The van der Waals surface area contributed by atoms with Gasteiger partial charge in [0.2, 0.25) is 5.91 Å². The van der Waals surface area contributed by atoms with E-state index in [1.807, 2.05) is 17.0 Å². The van der Waals surface area contributed by atoms with Crippen molar-refractivity contribution in [2.24, 2.45) is 11.8 Å². The third kappa shape index (κ3) is 2.77. The van der Waals surface area contributed by atoms with E-state index in [-0.39, 0.29) is 12.5 Å². The number of nitrogens with zero attached hydrogens (tertiary/aromatic N) is 5. The summed E-state index contributed by atoms with van der Waals surface area (Å²) in [6.45, 7) is 3.20. The lowest BCUT2D eigenvalue weighted by Crippen LogP contribution is -2.36. The Morgan fingerprint density at radius 1 is 1.11 bits per heavy atom. The number of para-hydroxylation sites is 2. The predicted molar refractivity (Wildman–Crippen MR) is 98.3 cm³/mol. The normalized spacial score (nSPS) is 21.8. The van der Waals surface area contributed by atoms with E-state index in [1.54, 1.807) is 30.7 Å². The summed E-state index contributed by atoms with van der Waals surface area (Å²) in [7, 11) is 0. The van der Waals surface area contributed by atoms with Gasteiger partial charge in [0.05, 0.1) is 11.7 Å². The Balaban J connectivity index is 1.27. The van der Waals surface area contributed by atoms with Crippen molar-refractivity contribution in [3.8, 4) is 0 Å². The van der Waals surface area contributed by atoms with E-state index < -0.39 is 5.76 Å². The van der Waals surface area contributed by atoms with Gasteiger partial charge in [0, 0.05) is 50.4 Å². The van der Waals surface area contributed by atoms with Gasteiger partial charge in [0.15, 0.2) is 5.58 Å². The van der Waals surface area contributed by atoms with Gasteiger partial charge in [-0.25, -0.2) is 9.78 Å². The summed E-state index contributed by atoms with van der Waals surface area (Å²) in [5.74, 6) is 1.21. The van der Waals surface area contributed by atoms with Crippen LogP contribution in [0.4, 0.5) is 5.82 Å². The molecule has 0 aliphatic carbocycles. The molecule has 2 atom stereocenters. The maximum absolute atomic E-state index is 12.8. The predicted octanol–water partition coefficient (Wildman–Crippen LogP) is 0.979. The monoisotopic (exact) mass is 365 g/mol. The van der Waals surface area contributed by atoms with Gasteiger partial charge < -0.3 is 14.2 Å². The van der Waals surface area contributed by atoms with Gasteiger partial charge in [-0.2, -0.15) is 0 Å². The lowest BCUT2D eigenvalue weighted by molar-refractivity contribution is -0.131. The fourth-order valence-corrected chi connectivity index (χ4v) is 4.24. The van der Waals surface area contributed by atoms with Crippen LogP contribution in [0, 0.1) is 11.8 Å². The summed E-state index contributed by atoms with van der Waals surface area (Å²) in [5.41, 5.74) is 1.16. The highest BCUT2D eigenvalue weighted by Crippen LogP contribution is 2.33. The van der Waals surface area contributed by atoms with Crippen molar-refractivity contribution in [2.75, 3.05) is 31.1 Å². The molecule has 2 fully saturated rings. The first-order valence-electron chi connectivity index (χ1n) is 9.06. The largest absolute Gasteiger partial charge is 0.420 e. The molecule has 0 radical (unpaired) electrons. The van der Waals surface area contributed by atoms with Crippen LogP contribution >= 0.6 is 0 Å². The van der Waals surface area contributed by atoms with Crippen molar-refractivity contribution in [1.29, 1.82) is 0 Å². The molecule has 2 aliphatic heterocycles. The Morgan fingerprint density at radius 3 is 2.63 bits per heavy atom. The number of fused-ring (bicyclic) bond motifs is 2. The van der Waals surface area contributed by atoms with Crippen LogP contribution in [0.15, 0.2) is 52.1 Å². The number of benzene rings is 1. The number of oxazole rings is 1. The number of hydrogen-bond acceptors (Lipinski definition) is 6. The molecule has 2 unspecified atom stereocenters. The van der Waals surface area contributed by atoms with Gasteiger partial charge in [0.25, 0.3) is 0 Å². The lowest BCUT2D eigenvalue weighted by Gasteiger charge is -2.22. The molecule has 138 valence electrons. The smallest absolute Gasteiger partial charge is 0.408 e. The molecule has 8 nitrogen and oxygen atoms in total. The van der Waals surface area contributed by atoms with Gasteiger partial charge in [-0.3, -0.25) is 14.3 Å².